The van der Waals surface area contributed by atoms with E-state index >= 15 is 0 Å². The summed E-state index contributed by atoms with van der Waals surface area (Å²) in [6.07, 6.45) is 1.76. The molecule has 2 heterocycles. The van der Waals surface area contributed by atoms with E-state index in [4.69, 9.17) is 9.47 Å². The zero-order chi connectivity index (χ0) is 16.5. The Bertz CT molecular complexity index is 769. The number of rotatable bonds is 3. The fourth-order valence-electron chi connectivity index (χ4n) is 3.32. The second kappa shape index (κ2) is 6.07. The summed E-state index contributed by atoms with van der Waals surface area (Å²) in [7, 11) is 0. The number of anilines is 1. The fourth-order valence-corrected chi connectivity index (χ4v) is 3.32. The monoisotopic (exact) mass is 324 g/mol. The van der Waals surface area contributed by atoms with Crippen LogP contribution < -0.4 is 20.1 Å². The topological polar surface area (TPSA) is 59.6 Å². The molecule has 2 aromatic carbocycles. The summed E-state index contributed by atoms with van der Waals surface area (Å²) in [5.41, 5.74) is 5.24. The first-order chi connectivity index (χ1) is 11.7. The van der Waals surface area contributed by atoms with Crippen molar-refractivity contribution in [2.75, 3.05) is 18.5 Å². The lowest BCUT2D eigenvalue weighted by molar-refractivity contribution is 0.251. The van der Waals surface area contributed by atoms with Crippen molar-refractivity contribution in [3.8, 4) is 11.5 Å². The number of ether oxygens (including phenoxy) is 2. The van der Waals surface area contributed by atoms with Crippen molar-refractivity contribution in [3.05, 3.63) is 52.6 Å². The molecule has 5 nitrogen and oxygen atoms in total. The van der Waals surface area contributed by atoms with Gasteiger partial charge in [0.2, 0.25) is 0 Å². The van der Waals surface area contributed by atoms with Gasteiger partial charge in [-0.15, -0.1) is 0 Å². The second-order valence-corrected chi connectivity index (χ2v) is 6.14. The van der Waals surface area contributed by atoms with E-state index in [0.717, 1.165) is 46.7 Å². The Morgan fingerprint density at radius 1 is 1.17 bits per heavy atom. The molecule has 124 valence electrons. The maximum Gasteiger partial charge on any atom is 0.319 e. The van der Waals surface area contributed by atoms with Gasteiger partial charge in [-0.2, -0.15) is 0 Å². The summed E-state index contributed by atoms with van der Waals surface area (Å²) >= 11 is 0. The smallest absolute Gasteiger partial charge is 0.319 e. The van der Waals surface area contributed by atoms with E-state index in [2.05, 4.69) is 16.7 Å². The van der Waals surface area contributed by atoms with Crippen LogP contribution in [0.4, 0.5) is 10.5 Å². The van der Waals surface area contributed by atoms with Gasteiger partial charge in [-0.25, -0.2) is 4.79 Å². The van der Waals surface area contributed by atoms with Crippen LogP contribution in [-0.2, 0) is 19.4 Å². The molecular weight excluding hydrogens is 304 g/mol. The molecule has 0 atom stereocenters. The van der Waals surface area contributed by atoms with E-state index in [1.807, 2.05) is 31.2 Å². The molecule has 0 bridgehead atoms. The Labute approximate surface area is 141 Å². The predicted molar refractivity (Wildman–Crippen MR) is 91.9 cm³/mol. The predicted octanol–water partition coefficient (Wildman–Crippen LogP) is 3.19. The molecule has 2 aliphatic rings. The third-order valence-corrected chi connectivity index (χ3v) is 4.58. The molecule has 0 aromatic heterocycles. The first-order valence-corrected chi connectivity index (χ1v) is 8.26. The lowest BCUT2D eigenvalue weighted by Gasteiger charge is -2.14. The fraction of sp³-hybridized carbons (Fsp3) is 0.316. The molecule has 2 amide bonds. The third-order valence-electron chi connectivity index (χ3n) is 4.58. The number of hydrogen-bond donors (Lipinski definition) is 2. The van der Waals surface area contributed by atoms with Gasteiger partial charge in [0, 0.05) is 41.8 Å². The SMILES string of the molecule is Cc1ccccc1NC(=O)NCc1c2c(cc3c1OCC3)OCC2. The highest BCUT2D eigenvalue weighted by Gasteiger charge is 2.26. The summed E-state index contributed by atoms with van der Waals surface area (Å²) in [4.78, 5) is 12.2. The molecule has 0 saturated carbocycles. The molecule has 0 spiro atoms. The van der Waals surface area contributed by atoms with Crippen LogP contribution in [0.25, 0.3) is 0 Å². The molecule has 0 aliphatic carbocycles. The van der Waals surface area contributed by atoms with Gasteiger partial charge in [0.05, 0.1) is 13.2 Å². The van der Waals surface area contributed by atoms with Crippen molar-refractivity contribution in [1.82, 2.24) is 5.32 Å². The van der Waals surface area contributed by atoms with Gasteiger partial charge in [0.1, 0.15) is 11.5 Å². The Morgan fingerprint density at radius 2 is 2.00 bits per heavy atom. The second-order valence-electron chi connectivity index (χ2n) is 6.14. The Hall–Kier alpha value is -2.69. The number of hydrogen-bond acceptors (Lipinski definition) is 3. The van der Waals surface area contributed by atoms with E-state index in [-0.39, 0.29) is 6.03 Å². The van der Waals surface area contributed by atoms with E-state index in [1.165, 1.54) is 5.56 Å². The lowest BCUT2D eigenvalue weighted by Crippen LogP contribution is -2.29. The zero-order valence-corrected chi connectivity index (χ0v) is 13.6. The highest BCUT2D eigenvalue weighted by molar-refractivity contribution is 5.90. The quantitative estimate of drug-likeness (QED) is 0.911. The molecule has 0 unspecified atom stereocenters. The number of nitrogens with one attached hydrogen (secondary N) is 2. The van der Waals surface area contributed by atoms with E-state index in [1.54, 1.807) is 0 Å². The van der Waals surface area contributed by atoms with Crippen LogP contribution in [0, 0.1) is 6.92 Å². The highest BCUT2D eigenvalue weighted by Crippen LogP contribution is 2.40. The van der Waals surface area contributed by atoms with Gasteiger partial charge in [-0.3, -0.25) is 0 Å². The van der Waals surface area contributed by atoms with Crippen molar-refractivity contribution in [1.29, 1.82) is 0 Å². The van der Waals surface area contributed by atoms with Gasteiger partial charge in [0.25, 0.3) is 0 Å². The summed E-state index contributed by atoms with van der Waals surface area (Å²) in [5.74, 6) is 1.87. The van der Waals surface area contributed by atoms with Crippen LogP contribution in [0.5, 0.6) is 11.5 Å². The van der Waals surface area contributed by atoms with Crippen LogP contribution in [0.3, 0.4) is 0 Å². The number of carbonyl (C=O) groups excluding carboxylic acids is 1. The van der Waals surface area contributed by atoms with Gasteiger partial charge < -0.3 is 20.1 Å². The highest BCUT2D eigenvalue weighted by atomic mass is 16.5. The van der Waals surface area contributed by atoms with Gasteiger partial charge >= 0.3 is 6.03 Å². The molecule has 4 rings (SSSR count). The van der Waals surface area contributed by atoms with E-state index in [9.17, 15) is 4.79 Å². The minimum Gasteiger partial charge on any atom is -0.493 e. The lowest BCUT2D eigenvalue weighted by atomic mass is 9.99. The van der Waals surface area contributed by atoms with Crippen LogP contribution in [0.15, 0.2) is 30.3 Å². The number of urea groups is 1. The van der Waals surface area contributed by atoms with Gasteiger partial charge in [-0.05, 0) is 24.6 Å². The van der Waals surface area contributed by atoms with Crippen LogP contribution >= 0.6 is 0 Å². The molecule has 24 heavy (non-hydrogen) atoms. The molecular formula is C19H20N2O3. The Kier molecular flexibility index (Phi) is 3.76. The minimum atomic E-state index is -0.215. The first-order valence-electron chi connectivity index (χ1n) is 8.26. The molecule has 2 aromatic rings. The largest absolute Gasteiger partial charge is 0.493 e. The van der Waals surface area contributed by atoms with Crippen molar-refractivity contribution in [2.24, 2.45) is 0 Å². The van der Waals surface area contributed by atoms with Gasteiger partial charge in [-0.1, -0.05) is 18.2 Å². The van der Waals surface area contributed by atoms with Crippen LogP contribution in [-0.4, -0.2) is 19.2 Å². The van der Waals surface area contributed by atoms with Crippen molar-refractivity contribution in [2.45, 2.75) is 26.3 Å². The number of fused-ring (bicyclic) bond motifs is 2. The Balaban J connectivity index is 1.50. The average molecular weight is 324 g/mol. The third kappa shape index (κ3) is 2.66. The average Bonchev–Trinajstić information content (AvgIpc) is 3.22. The number of benzene rings is 2. The first kappa shape index (κ1) is 14.9. The summed E-state index contributed by atoms with van der Waals surface area (Å²) in [6, 6.07) is 9.59. The normalized spacial score (nSPS) is 14.4. The number of amides is 2. The summed E-state index contributed by atoms with van der Waals surface area (Å²) < 4.78 is 11.5. The maximum absolute atomic E-state index is 12.2. The maximum atomic E-state index is 12.2. The standard InChI is InChI=1S/C19H20N2O3/c1-12-4-2-3-5-16(12)21-19(22)20-11-15-14-7-9-23-17(14)10-13-6-8-24-18(13)15/h2-5,10H,6-9,11H2,1H3,(H2,20,21,22). The number of aryl methyl sites for hydroxylation is 1. The molecule has 0 radical (unpaired) electrons. The van der Waals surface area contributed by atoms with E-state index < -0.39 is 0 Å². The van der Waals surface area contributed by atoms with Crippen molar-refractivity contribution in [3.63, 3.8) is 0 Å². The van der Waals surface area contributed by atoms with Gasteiger partial charge in [0.15, 0.2) is 0 Å². The number of carbonyl (C=O) groups is 1. The van der Waals surface area contributed by atoms with Crippen molar-refractivity contribution < 1.29 is 14.3 Å². The minimum absolute atomic E-state index is 0.215. The Morgan fingerprint density at radius 3 is 2.88 bits per heavy atom. The van der Waals surface area contributed by atoms with E-state index in [0.29, 0.717) is 19.8 Å². The summed E-state index contributed by atoms with van der Waals surface area (Å²) in [6.45, 7) is 3.80. The van der Waals surface area contributed by atoms with Crippen LogP contribution in [0.1, 0.15) is 22.3 Å². The van der Waals surface area contributed by atoms with Crippen LogP contribution in [0.2, 0.25) is 0 Å². The molecule has 0 fully saturated rings. The molecule has 2 N–H and O–H groups in total. The molecule has 2 aliphatic heterocycles. The molecule has 5 heteroatoms. The molecule has 0 saturated heterocycles. The number of para-hydroxylation sites is 1. The zero-order valence-electron chi connectivity index (χ0n) is 13.6. The summed E-state index contributed by atoms with van der Waals surface area (Å²) in [5, 5.41) is 5.84. The van der Waals surface area contributed by atoms with Crippen molar-refractivity contribution >= 4 is 11.7 Å².